The predicted octanol–water partition coefficient (Wildman–Crippen LogP) is 1.86. The van der Waals surface area contributed by atoms with E-state index in [2.05, 4.69) is 4.72 Å². The molecule has 0 amide bonds. The van der Waals surface area contributed by atoms with Crippen molar-refractivity contribution in [1.82, 2.24) is 4.72 Å². The zero-order chi connectivity index (χ0) is 17.6. The average molecular weight is 353 g/mol. The number of nitrogens with one attached hydrogen (secondary N) is 1. The Bertz CT molecular complexity index is 805. The van der Waals surface area contributed by atoms with Crippen LogP contribution in [0.2, 0.25) is 0 Å². The Morgan fingerprint density at radius 1 is 1.08 bits per heavy atom. The Morgan fingerprint density at radius 2 is 1.71 bits per heavy atom. The maximum atomic E-state index is 12.8. The molecular formula is C16H16FNO5S. The first kappa shape index (κ1) is 17.9. The molecule has 0 aliphatic heterocycles. The van der Waals surface area contributed by atoms with Crippen molar-refractivity contribution in [3.8, 4) is 11.5 Å². The predicted molar refractivity (Wildman–Crippen MR) is 85.7 cm³/mol. The van der Waals surface area contributed by atoms with Crippen LogP contribution in [-0.4, -0.2) is 28.0 Å². The van der Waals surface area contributed by atoms with E-state index >= 15 is 0 Å². The first-order valence-corrected chi connectivity index (χ1v) is 8.60. The molecule has 0 spiro atoms. The molecule has 0 aliphatic carbocycles. The van der Waals surface area contributed by atoms with Gasteiger partial charge in [-0.3, -0.25) is 4.79 Å². The van der Waals surface area contributed by atoms with Gasteiger partial charge in [-0.1, -0.05) is 24.3 Å². The number of halogens is 1. The third-order valence-electron chi connectivity index (χ3n) is 3.00. The number of rotatable bonds is 7. The van der Waals surface area contributed by atoms with Gasteiger partial charge >= 0.3 is 5.97 Å². The molecule has 0 heterocycles. The molecule has 2 aromatic carbocycles. The second-order valence-electron chi connectivity index (χ2n) is 4.83. The van der Waals surface area contributed by atoms with E-state index in [9.17, 15) is 17.6 Å². The van der Waals surface area contributed by atoms with E-state index in [1.165, 1.54) is 37.4 Å². The maximum Gasteiger partial charge on any atom is 0.326 e. The lowest BCUT2D eigenvalue weighted by Gasteiger charge is -2.09. The van der Waals surface area contributed by atoms with E-state index in [-0.39, 0.29) is 11.5 Å². The Labute approximate surface area is 139 Å². The summed E-state index contributed by atoms with van der Waals surface area (Å²) in [5, 5.41) is 0. The van der Waals surface area contributed by atoms with Gasteiger partial charge in [0.15, 0.2) is 11.5 Å². The van der Waals surface area contributed by atoms with Crippen molar-refractivity contribution in [2.75, 3.05) is 13.7 Å². The van der Waals surface area contributed by atoms with Gasteiger partial charge in [-0.25, -0.2) is 17.5 Å². The van der Waals surface area contributed by atoms with Gasteiger partial charge in [-0.05, 0) is 29.8 Å². The number of para-hydroxylation sites is 2. The van der Waals surface area contributed by atoms with Crippen molar-refractivity contribution in [2.45, 2.75) is 5.75 Å². The zero-order valence-electron chi connectivity index (χ0n) is 12.9. The van der Waals surface area contributed by atoms with Crippen molar-refractivity contribution >= 4 is 16.0 Å². The largest absolute Gasteiger partial charge is 0.493 e. The summed E-state index contributed by atoms with van der Waals surface area (Å²) < 4.78 is 48.9. The molecule has 0 aromatic heterocycles. The highest BCUT2D eigenvalue weighted by molar-refractivity contribution is 7.88. The molecule has 0 fully saturated rings. The number of hydrogen-bond acceptors (Lipinski definition) is 5. The van der Waals surface area contributed by atoms with Crippen LogP contribution in [-0.2, 0) is 20.6 Å². The normalized spacial score (nSPS) is 11.1. The van der Waals surface area contributed by atoms with Crippen LogP contribution in [0.1, 0.15) is 5.56 Å². The Morgan fingerprint density at radius 3 is 2.33 bits per heavy atom. The minimum atomic E-state index is -3.76. The van der Waals surface area contributed by atoms with E-state index < -0.39 is 28.4 Å². The molecule has 0 atom stereocenters. The Kier molecular flexibility index (Phi) is 5.88. The van der Waals surface area contributed by atoms with Gasteiger partial charge in [-0.2, -0.15) is 0 Å². The lowest BCUT2D eigenvalue weighted by Crippen LogP contribution is -2.32. The Hall–Kier alpha value is -2.45. The van der Waals surface area contributed by atoms with Gasteiger partial charge in [0.1, 0.15) is 12.4 Å². The molecule has 24 heavy (non-hydrogen) atoms. The quantitative estimate of drug-likeness (QED) is 0.607. The van der Waals surface area contributed by atoms with Crippen molar-refractivity contribution in [3.05, 3.63) is 59.9 Å². The molecular weight excluding hydrogens is 337 g/mol. The highest BCUT2D eigenvalue weighted by atomic mass is 32.2. The number of esters is 1. The fraction of sp³-hybridized carbons (Fsp3) is 0.188. The Balaban J connectivity index is 1.91. The summed E-state index contributed by atoms with van der Waals surface area (Å²) in [6.07, 6.45) is 0. The van der Waals surface area contributed by atoms with Crippen LogP contribution in [0.25, 0.3) is 0 Å². The van der Waals surface area contributed by atoms with E-state index in [4.69, 9.17) is 9.47 Å². The number of ether oxygens (including phenoxy) is 2. The van der Waals surface area contributed by atoms with Crippen molar-refractivity contribution < 1.29 is 27.1 Å². The topological polar surface area (TPSA) is 81.7 Å². The van der Waals surface area contributed by atoms with Gasteiger partial charge in [0.2, 0.25) is 10.0 Å². The fourth-order valence-corrected chi connectivity index (χ4v) is 2.95. The minimum absolute atomic E-state index is 0.197. The van der Waals surface area contributed by atoms with Gasteiger partial charge in [0.25, 0.3) is 0 Å². The molecule has 0 aliphatic rings. The number of benzene rings is 2. The highest BCUT2D eigenvalue weighted by Gasteiger charge is 2.15. The molecule has 0 saturated carbocycles. The van der Waals surface area contributed by atoms with Crippen LogP contribution >= 0.6 is 0 Å². The van der Waals surface area contributed by atoms with Gasteiger partial charge in [0, 0.05) is 0 Å². The number of methoxy groups -OCH3 is 1. The summed E-state index contributed by atoms with van der Waals surface area (Å²) >= 11 is 0. The average Bonchev–Trinajstić information content (AvgIpc) is 2.56. The molecule has 0 radical (unpaired) electrons. The summed E-state index contributed by atoms with van der Waals surface area (Å²) in [5.41, 5.74) is 0.405. The van der Waals surface area contributed by atoms with Crippen LogP contribution in [0.15, 0.2) is 48.5 Å². The molecule has 6 nitrogen and oxygen atoms in total. The van der Waals surface area contributed by atoms with E-state index in [1.54, 1.807) is 18.2 Å². The fourth-order valence-electron chi connectivity index (χ4n) is 1.88. The molecule has 128 valence electrons. The molecule has 0 unspecified atom stereocenters. The molecule has 2 rings (SSSR count). The number of carbonyl (C=O) groups is 1. The molecule has 8 heteroatoms. The van der Waals surface area contributed by atoms with Crippen LogP contribution in [0.3, 0.4) is 0 Å². The third kappa shape index (κ3) is 5.32. The molecule has 2 aromatic rings. The molecule has 0 saturated heterocycles. The standard InChI is InChI=1S/C16H16FNO5S/c1-22-14-4-2-3-5-15(14)23-16(19)10-18-24(20,21)11-12-6-8-13(17)9-7-12/h2-9,18H,10-11H2,1H3. The van der Waals surface area contributed by atoms with Gasteiger partial charge < -0.3 is 9.47 Å². The minimum Gasteiger partial charge on any atom is -0.493 e. The van der Waals surface area contributed by atoms with E-state index in [0.717, 1.165) is 0 Å². The van der Waals surface area contributed by atoms with Crippen LogP contribution in [0.5, 0.6) is 11.5 Å². The molecule has 1 N–H and O–H groups in total. The van der Waals surface area contributed by atoms with Crippen molar-refractivity contribution in [1.29, 1.82) is 0 Å². The highest BCUT2D eigenvalue weighted by Crippen LogP contribution is 2.25. The first-order valence-electron chi connectivity index (χ1n) is 6.95. The maximum absolute atomic E-state index is 12.8. The van der Waals surface area contributed by atoms with Crippen molar-refractivity contribution in [3.63, 3.8) is 0 Å². The van der Waals surface area contributed by atoms with Crippen LogP contribution in [0, 0.1) is 5.82 Å². The second-order valence-corrected chi connectivity index (χ2v) is 6.64. The monoisotopic (exact) mass is 353 g/mol. The van der Waals surface area contributed by atoms with Crippen LogP contribution < -0.4 is 14.2 Å². The summed E-state index contributed by atoms with van der Waals surface area (Å²) in [4.78, 5) is 11.8. The van der Waals surface area contributed by atoms with Crippen molar-refractivity contribution in [2.24, 2.45) is 0 Å². The van der Waals surface area contributed by atoms with E-state index in [0.29, 0.717) is 11.3 Å². The summed E-state index contributed by atoms with van der Waals surface area (Å²) in [6, 6.07) is 11.6. The smallest absolute Gasteiger partial charge is 0.326 e. The summed E-state index contributed by atoms with van der Waals surface area (Å²) in [5.74, 6) is -1.04. The lowest BCUT2D eigenvalue weighted by molar-refractivity contribution is -0.133. The SMILES string of the molecule is COc1ccccc1OC(=O)CNS(=O)(=O)Cc1ccc(F)cc1. The van der Waals surface area contributed by atoms with Gasteiger partial charge in [-0.15, -0.1) is 0 Å². The first-order chi connectivity index (χ1) is 11.4. The van der Waals surface area contributed by atoms with Gasteiger partial charge in [0.05, 0.1) is 12.9 Å². The van der Waals surface area contributed by atoms with E-state index in [1.807, 2.05) is 0 Å². The summed E-state index contributed by atoms with van der Waals surface area (Å²) in [6.45, 7) is -0.526. The second kappa shape index (κ2) is 7.89. The molecule has 0 bridgehead atoms. The number of hydrogen-bond donors (Lipinski definition) is 1. The summed E-state index contributed by atoms with van der Waals surface area (Å²) in [7, 11) is -2.33. The zero-order valence-corrected chi connectivity index (χ0v) is 13.7. The lowest BCUT2D eigenvalue weighted by atomic mass is 10.2. The number of sulfonamides is 1. The van der Waals surface area contributed by atoms with Crippen LogP contribution in [0.4, 0.5) is 4.39 Å². The third-order valence-corrected chi connectivity index (χ3v) is 4.30. The number of carbonyl (C=O) groups excluding carboxylic acids is 1.